The van der Waals surface area contributed by atoms with Crippen LogP contribution in [0.3, 0.4) is 0 Å². The number of aromatic hydroxyl groups is 1. The van der Waals surface area contributed by atoms with Gasteiger partial charge in [-0.15, -0.1) is 0 Å². The highest BCUT2D eigenvalue weighted by Gasteiger charge is 2.58. The topological polar surface area (TPSA) is 115 Å². The Morgan fingerprint density at radius 1 is 1.16 bits per heavy atom. The third kappa shape index (κ3) is 1.96. The zero-order valence-electron chi connectivity index (χ0n) is 13.6. The first-order valence-electron chi connectivity index (χ1n) is 8.15. The number of ketones is 2. The lowest BCUT2D eigenvalue weighted by Crippen LogP contribution is -2.55. The maximum Gasteiger partial charge on any atom is 0.202 e. The van der Waals surface area contributed by atoms with Crippen molar-refractivity contribution >= 4 is 11.6 Å². The van der Waals surface area contributed by atoms with Gasteiger partial charge in [-0.3, -0.25) is 9.59 Å². The summed E-state index contributed by atoms with van der Waals surface area (Å²) < 4.78 is 0. The summed E-state index contributed by atoms with van der Waals surface area (Å²) in [6.45, 7) is 1.73. The lowest BCUT2D eigenvalue weighted by Gasteiger charge is -2.48. The fraction of sp³-hybridized carbons (Fsp3) is 0.368. The first kappa shape index (κ1) is 16.2. The van der Waals surface area contributed by atoms with Gasteiger partial charge in [0, 0.05) is 17.6 Å². The van der Waals surface area contributed by atoms with Crippen LogP contribution in [0.4, 0.5) is 0 Å². The van der Waals surface area contributed by atoms with Crippen LogP contribution in [0.25, 0.3) is 0 Å². The number of carbonyl (C=O) groups is 2. The van der Waals surface area contributed by atoms with Crippen LogP contribution >= 0.6 is 0 Å². The van der Waals surface area contributed by atoms with Crippen molar-refractivity contribution in [3.05, 3.63) is 52.1 Å². The molecule has 1 aromatic rings. The largest absolute Gasteiger partial charge is 0.507 e. The SMILES string of the molecule is CC1=CC(=O)C2=C3[C@@H](O)c4cccc(O)c4C(=O)[C@]3(O)CC[C@]2(O)C1. The third-order valence-electron chi connectivity index (χ3n) is 5.52. The van der Waals surface area contributed by atoms with Gasteiger partial charge in [-0.1, -0.05) is 17.7 Å². The van der Waals surface area contributed by atoms with Gasteiger partial charge in [0.2, 0.25) is 5.78 Å². The van der Waals surface area contributed by atoms with Crippen LogP contribution in [0.5, 0.6) is 5.75 Å². The second kappa shape index (κ2) is 4.88. The van der Waals surface area contributed by atoms with Crippen molar-refractivity contribution in [3.63, 3.8) is 0 Å². The lowest BCUT2D eigenvalue weighted by molar-refractivity contribution is -0.116. The van der Waals surface area contributed by atoms with Gasteiger partial charge in [-0.05, 0) is 37.5 Å². The molecule has 130 valence electrons. The van der Waals surface area contributed by atoms with Crippen LogP contribution in [-0.4, -0.2) is 43.2 Å². The number of phenolic OH excluding ortho intramolecular Hbond substituents is 1. The van der Waals surface area contributed by atoms with Crippen molar-refractivity contribution in [3.8, 4) is 5.75 Å². The fourth-order valence-electron chi connectivity index (χ4n) is 4.45. The highest BCUT2D eigenvalue weighted by molar-refractivity contribution is 6.14. The van der Waals surface area contributed by atoms with Gasteiger partial charge in [0.1, 0.15) is 11.9 Å². The predicted molar refractivity (Wildman–Crippen MR) is 86.9 cm³/mol. The minimum absolute atomic E-state index is 0.0145. The quantitative estimate of drug-likeness (QED) is 0.561. The molecule has 25 heavy (non-hydrogen) atoms. The first-order chi connectivity index (χ1) is 11.7. The van der Waals surface area contributed by atoms with Gasteiger partial charge in [0.25, 0.3) is 0 Å². The van der Waals surface area contributed by atoms with E-state index in [0.717, 1.165) is 0 Å². The van der Waals surface area contributed by atoms with Crippen LogP contribution in [0.1, 0.15) is 48.2 Å². The van der Waals surface area contributed by atoms with Gasteiger partial charge in [-0.2, -0.15) is 0 Å². The second-order valence-corrected chi connectivity index (χ2v) is 7.19. The summed E-state index contributed by atoms with van der Waals surface area (Å²) >= 11 is 0. The maximum absolute atomic E-state index is 12.9. The summed E-state index contributed by atoms with van der Waals surface area (Å²) in [5, 5.41) is 42.9. The summed E-state index contributed by atoms with van der Waals surface area (Å²) in [5.74, 6) is -1.59. The molecule has 0 saturated carbocycles. The number of hydrogen-bond acceptors (Lipinski definition) is 6. The molecule has 3 aliphatic carbocycles. The fourth-order valence-corrected chi connectivity index (χ4v) is 4.45. The molecular weight excluding hydrogens is 324 g/mol. The number of allylic oxidation sites excluding steroid dienone is 1. The van der Waals surface area contributed by atoms with Crippen LogP contribution in [0.15, 0.2) is 41.0 Å². The number of phenols is 1. The molecule has 0 unspecified atom stereocenters. The van der Waals surface area contributed by atoms with Gasteiger partial charge < -0.3 is 20.4 Å². The molecule has 0 radical (unpaired) electrons. The molecule has 0 heterocycles. The van der Waals surface area contributed by atoms with Crippen molar-refractivity contribution in [2.24, 2.45) is 0 Å². The monoisotopic (exact) mass is 342 g/mol. The van der Waals surface area contributed by atoms with Crippen LogP contribution in [-0.2, 0) is 4.79 Å². The van der Waals surface area contributed by atoms with Crippen molar-refractivity contribution in [1.29, 1.82) is 0 Å². The lowest BCUT2D eigenvalue weighted by atomic mass is 9.60. The van der Waals surface area contributed by atoms with Crippen molar-refractivity contribution in [1.82, 2.24) is 0 Å². The van der Waals surface area contributed by atoms with E-state index in [0.29, 0.717) is 5.57 Å². The Morgan fingerprint density at radius 3 is 2.60 bits per heavy atom. The minimum Gasteiger partial charge on any atom is -0.507 e. The molecule has 0 fully saturated rings. The van der Waals surface area contributed by atoms with E-state index < -0.39 is 28.9 Å². The van der Waals surface area contributed by atoms with Crippen LogP contribution < -0.4 is 0 Å². The Balaban J connectivity index is 2.06. The molecule has 4 rings (SSSR count). The molecule has 4 N–H and O–H groups in total. The highest BCUT2D eigenvalue weighted by atomic mass is 16.3. The molecular formula is C19H18O6. The normalized spacial score (nSPS) is 34.2. The average molecular weight is 342 g/mol. The molecule has 0 aliphatic heterocycles. The van der Waals surface area contributed by atoms with E-state index in [9.17, 15) is 30.0 Å². The Hall–Kier alpha value is -2.28. The van der Waals surface area contributed by atoms with E-state index in [1.54, 1.807) is 6.92 Å². The van der Waals surface area contributed by atoms with E-state index in [1.807, 2.05) is 0 Å². The molecule has 0 saturated heterocycles. The summed E-state index contributed by atoms with van der Waals surface area (Å²) in [5.41, 5.74) is -3.17. The molecule has 0 bridgehead atoms. The van der Waals surface area contributed by atoms with Crippen molar-refractivity contribution in [2.45, 2.75) is 43.5 Å². The Morgan fingerprint density at radius 2 is 1.88 bits per heavy atom. The molecule has 0 amide bonds. The third-order valence-corrected chi connectivity index (χ3v) is 5.52. The molecule has 6 nitrogen and oxygen atoms in total. The number of rotatable bonds is 0. The van der Waals surface area contributed by atoms with Crippen LogP contribution in [0, 0.1) is 0 Å². The Bertz CT molecular complexity index is 895. The first-order valence-corrected chi connectivity index (χ1v) is 8.15. The smallest absolute Gasteiger partial charge is 0.202 e. The maximum atomic E-state index is 12.9. The predicted octanol–water partition coefficient (Wildman–Crippen LogP) is 1.09. The summed E-state index contributed by atoms with van der Waals surface area (Å²) in [6.07, 6.45) is -0.00535. The van der Waals surface area contributed by atoms with Crippen molar-refractivity contribution in [2.75, 3.05) is 0 Å². The summed E-state index contributed by atoms with van der Waals surface area (Å²) in [4.78, 5) is 25.5. The number of Topliss-reactive ketones (excluding diaryl/α,β-unsaturated/α-hetero) is 1. The summed E-state index contributed by atoms with van der Waals surface area (Å²) in [6, 6.07) is 4.25. The van der Waals surface area contributed by atoms with Gasteiger partial charge in [0.15, 0.2) is 11.4 Å². The Kier molecular flexibility index (Phi) is 3.16. The zero-order valence-corrected chi connectivity index (χ0v) is 13.6. The van der Waals surface area contributed by atoms with Crippen molar-refractivity contribution < 1.29 is 30.0 Å². The second-order valence-electron chi connectivity index (χ2n) is 7.19. The number of hydrogen-bond donors (Lipinski definition) is 4. The number of fused-ring (bicyclic) bond motifs is 3. The molecule has 3 atom stereocenters. The molecule has 6 heteroatoms. The number of carbonyl (C=O) groups excluding carboxylic acids is 2. The highest BCUT2D eigenvalue weighted by Crippen LogP contribution is 2.53. The van der Waals surface area contributed by atoms with E-state index in [-0.39, 0.29) is 47.3 Å². The zero-order chi connectivity index (χ0) is 18.1. The van der Waals surface area contributed by atoms with E-state index in [1.165, 1.54) is 24.3 Å². The van der Waals surface area contributed by atoms with Gasteiger partial charge >= 0.3 is 0 Å². The molecule has 0 aromatic heterocycles. The number of benzene rings is 1. The van der Waals surface area contributed by atoms with Gasteiger partial charge in [0.05, 0.1) is 11.2 Å². The summed E-state index contributed by atoms with van der Waals surface area (Å²) in [7, 11) is 0. The number of aliphatic hydroxyl groups is 3. The van der Waals surface area contributed by atoms with Crippen LogP contribution in [0.2, 0.25) is 0 Å². The Labute approximate surface area is 143 Å². The minimum atomic E-state index is -2.11. The van der Waals surface area contributed by atoms with Gasteiger partial charge in [-0.25, -0.2) is 0 Å². The standard InChI is InChI=1S/C19H18O6/c1-9-7-12(21)14-15-16(22)10-3-2-4-11(20)13(10)17(23)19(15,25)6-5-18(14,24)8-9/h2-4,7,16,20,22,24-25H,5-6,8H2,1H3/t16-,18-,19-/m0/s1. The van der Waals surface area contributed by atoms with E-state index >= 15 is 0 Å². The number of aliphatic hydroxyl groups excluding tert-OH is 1. The molecule has 3 aliphatic rings. The molecule has 0 spiro atoms. The van der Waals surface area contributed by atoms with E-state index in [4.69, 9.17) is 0 Å². The molecule has 1 aromatic carbocycles. The van der Waals surface area contributed by atoms with E-state index in [2.05, 4.69) is 0 Å². The average Bonchev–Trinajstić information content (AvgIpc) is 2.53.